The molecule has 0 aliphatic carbocycles. The van der Waals surface area contributed by atoms with Crippen molar-refractivity contribution in [2.45, 2.75) is 0 Å². The van der Waals surface area contributed by atoms with E-state index in [1.807, 2.05) is 60.7 Å². The molecule has 0 spiro atoms. The molecule has 0 amide bonds. The van der Waals surface area contributed by atoms with Crippen LogP contribution in [0, 0.1) is 0 Å². The quantitative estimate of drug-likeness (QED) is 0.168. The second kappa shape index (κ2) is 14.0. The lowest BCUT2D eigenvalue weighted by molar-refractivity contribution is 0.677. The Morgan fingerprint density at radius 3 is 1.27 bits per heavy atom. The molecule has 9 aromatic carbocycles. The topological polar surface area (TPSA) is 61.7 Å². The smallest absolute Gasteiger partial charge is 0.164 e. The van der Waals surface area contributed by atoms with Gasteiger partial charge in [0.2, 0.25) is 0 Å². The van der Waals surface area contributed by atoms with Crippen molar-refractivity contribution >= 4 is 65.6 Å². The van der Waals surface area contributed by atoms with E-state index in [9.17, 15) is 0 Å². The molecule has 4 aromatic heterocycles. The van der Waals surface area contributed by atoms with Crippen LogP contribution in [0.25, 0.3) is 122 Å². The highest BCUT2D eigenvalue weighted by molar-refractivity contribution is 6.29. The van der Waals surface area contributed by atoms with Crippen molar-refractivity contribution in [2.75, 3.05) is 0 Å². The summed E-state index contributed by atoms with van der Waals surface area (Å²) in [6.07, 6.45) is 0. The van der Waals surface area contributed by atoms with Crippen molar-refractivity contribution in [3.63, 3.8) is 0 Å². The highest BCUT2D eigenvalue weighted by Gasteiger charge is 2.23. The lowest BCUT2D eigenvalue weighted by Crippen LogP contribution is -2.00. The van der Waals surface area contributed by atoms with Crippen molar-refractivity contribution in [2.24, 2.45) is 0 Å². The Balaban J connectivity index is 0.967. The Kier molecular flexibility index (Phi) is 7.80. The highest BCUT2D eigenvalue weighted by Crippen LogP contribution is 2.45. The van der Waals surface area contributed by atoms with Crippen LogP contribution in [0.15, 0.2) is 217 Å². The molecule has 63 heavy (non-hydrogen) atoms. The lowest BCUT2D eigenvalue weighted by atomic mass is 10.0. The summed E-state index contributed by atoms with van der Waals surface area (Å²) in [7, 11) is 0. The number of nitrogens with zero attached hydrogens (tertiary/aromatic N) is 5. The van der Waals surface area contributed by atoms with Crippen molar-refractivity contribution in [1.29, 1.82) is 0 Å². The molecule has 0 saturated heterocycles. The maximum Gasteiger partial charge on any atom is 0.164 e. The zero-order valence-electron chi connectivity index (χ0n) is 33.9. The normalized spacial score (nSPS) is 11.8. The Hall–Kier alpha value is -8.61. The summed E-state index contributed by atoms with van der Waals surface area (Å²) in [4.78, 5) is 14.9. The van der Waals surface area contributed by atoms with Crippen molar-refractivity contribution in [1.82, 2.24) is 24.1 Å². The Labute approximate surface area is 361 Å². The molecule has 0 aliphatic rings. The van der Waals surface area contributed by atoms with Crippen LogP contribution in [0.2, 0.25) is 0 Å². The number of rotatable bonds is 6. The molecule has 13 rings (SSSR count). The summed E-state index contributed by atoms with van der Waals surface area (Å²) in [5.41, 5.74) is 13.4. The number of para-hydroxylation sites is 3. The second-order valence-corrected chi connectivity index (χ2v) is 16.0. The van der Waals surface area contributed by atoms with Crippen molar-refractivity contribution < 1.29 is 4.42 Å². The predicted molar refractivity (Wildman–Crippen MR) is 258 cm³/mol. The van der Waals surface area contributed by atoms with Gasteiger partial charge in [-0.2, -0.15) is 0 Å². The number of hydrogen-bond acceptors (Lipinski definition) is 4. The van der Waals surface area contributed by atoms with Crippen LogP contribution in [0.5, 0.6) is 0 Å². The van der Waals surface area contributed by atoms with Crippen LogP contribution < -0.4 is 0 Å². The van der Waals surface area contributed by atoms with E-state index in [2.05, 4.69) is 161 Å². The molecule has 6 heteroatoms. The first-order chi connectivity index (χ1) is 31.2. The summed E-state index contributed by atoms with van der Waals surface area (Å²) in [6.45, 7) is 0. The molecule has 0 unspecified atom stereocenters. The summed E-state index contributed by atoms with van der Waals surface area (Å²) in [5.74, 6) is 1.90. The maximum atomic E-state index is 7.17. The molecule has 0 bridgehead atoms. The van der Waals surface area contributed by atoms with Gasteiger partial charge in [0.15, 0.2) is 17.5 Å². The van der Waals surface area contributed by atoms with Gasteiger partial charge in [0.1, 0.15) is 11.2 Å². The lowest BCUT2D eigenvalue weighted by Gasteiger charge is -2.12. The van der Waals surface area contributed by atoms with Gasteiger partial charge in [0, 0.05) is 49.6 Å². The number of benzene rings is 9. The molecule has 4 heterocycles. The van der Waals surface area contributed by atoms with Crippen LogP contribution in [-0.4, -0.2) is 24.1 Å². The van der Waals surface area contributed by atoms with E-state index in [4.69, 9.17) is 19.4 Å². The average molecular weight is 806 g/mol. The van der Waals surface area contributed by atoms with Crippen LogP contribution in [0.1, 0.15) is 0 Å². The first-order valence-corrected chi connectivity index (χ1v) is 21.2. The molecular weight excluding hydrogens is 771 g/mol. The van der Waals surface area contributed by atoms with Crippen LogP contribution in [-0.2, 0) is 0 Å². The largest absolute Gasteiger partial charge is 0.455 e. The Morgan fingerprint density at radius 1 is 0.286 bits per heavy atom. The fourth-order valence-corrected chi connectivity index (χ4v) is 9.53. The summed E-state index contributed by atoms with van der Waals surface area (Å²) in [5, 5.41) is 6.76. The first-order valence-electron chi connectivity index (χ1n) is 21.2. The van der Waals surface area contributed by atoms with E-state index < -0.39 is 0 Å². The molecule has 0 atom stereocenters. The molecule has 0 N–H and O–H groups in total. The monoisotopic (exact) mass is 805 g/mol. The van der Waals surface area contributed by atoms with Crippen molar-refractivity contribution in [3.05, 3.63) is 212 Å². The number of aromatic nitrogens is 5. The zero-order valence-corrected chi connectivity index (χ0v) is 33.9. The van der Waals surface area contributed by atoms with E-state index in [1.165, 1.54) is 5.39 Å². The molecule has 0 radical (unpaired) electrons. The summed E-state index contributed by atoms with van der Waals surface area (Å²) >= 11 is 0. The third-order valence-electron chi connectivity index (χ3n) is 12.3. The molecule has 0 aliphatic heterocycles. The third kappa shape index (κ3) is 5.55. The number of fused-ring (bicyclic) bond motifs is 11. The Morgan fingerprint density at radius 2 is 0.698 bits per heavy atom. The fraction of sp³-hybridized carbons (Fsp3) is 0. The first kappa shape index (κ1) is 35.2. The van der Waals surface area contributed by atoms with E-state index in [-0.39, 0.29) is 0 Å². The molecule has 0 saturated carbocycles. The molecule has 294 valence electrons. The predicted octanol–water partition coefficient (Wildman–Crippen LogP) is 14.6. The minimum absolute atomic E-state index is 0.625. The maximum absolute atomic E-state index is 7.17. The SMILES string of the molecule is c1ccc(-c2nc(-c3ccccc3)nc(-c3cccc(-c4cccc(-n5c6ccccc6c6c7oc8c(ccc9c8c8ccccc8n9-c8ccccc8)c7ccc65)c4)c3)n2)cc1. The third-order valence-corrected chi connectivity index (χ3v) is 12.3. The van der Waals surface area contributed by atoms with Gasteiger partial charge in [0.05, 0.1) is 32.8 Å². The van der Waals surface area contributed by atoms with Crippen LogP contribution in [0.3, 0.4) is 0 Å². The number of hydrogen-bond donors (Lipinski definition) is 0. The van der Waals surface area contributed by atoms with Gasteiger partial charge in [-0.1, -0.05) is 146 Å². The summed E-state index contributed by atoms with van der Waals surface area (Å²) < 4.78 is 11.9. The van der Waals surface area contributed by atoms with Gasteiger partial charge < -0.3 is 13.6 Å². The zero-order chi connectivity index (χ0) is 41.4. The van der Waals surface area contributed by atoms with Gasteiger partial charge in [-0.05, 0) is 77.9 Å². The van der Waals surface area contributed by atoms with Gasteiger partial charge in [-0.3, -0.25) is 0 Å². The second-order valence-electron chi connectivity index (χ2n) is 16.0. The standard InChI is InChI=1S/C57H35N5O/c1-4-16-36(17-5-1)55-58-56(37-18-6-2-7-19-37)60-57(59-55)40-22-14-20-38(34-40)39-21-15-25-42(35-39)62-48-29-13-11-27-46(48)52-50(62)33-31-44-43-30-32-49-51(53(43)63-54(44)52)45-26-10-12-28-47(45)61(49)41-23-8-3-9-24-41/h1-35H. The van der Waals surface area contributed by atoms with Gasteiger partial charge in [-0.15, -0.1) is 0 Å². The minimum Gasteiger partial charge on any atom is -0.455 e. The van der Waals surface area contributed by atoms with Gasteiger partial charge in [0.25, 0.3) is 0 Å². The molecule has 0 fully saturated rings. The minimum atomic E-state index is 0.625. The molecule has 13 aromatic rings. The van der Waals surface area contributed by atoms with Gasteiger partial charge in [-0.25, -0.2) is 15.0 Å². The average Bonchev–Trinajstić information content (AvgIpc) is 4.02. The van der Waals surface area contributed by atoms with Gasteiger partial charge >= 0.3 is 0 Å². The Bertz CT molecular complexity index is 3850. The van der Waals surface area contributed by atoms with E-state index in [1.54, 1.807) is 0 Å². The van der Waals surface area contributed by atoms with E-state index >= 15 is 0 Å². The molecular formula is C57H35N5O. The van der Waals surface area contributed by atoms with Crippen LogP contribution >= 0.6 is 0 Å². The fourth-order valence-electron chi connectivity index (χ4n) is 9.53. The summed E-state index contributed by atoms with van der Waals surface area (Å²) in [6, 6.07) is 74.3. The van der Waals surface area contributed by atoms with E-state index in [0.717, 1.165) is 99.4 Å². The highest BCUT2D eigenvalue weighted by atomic mass is 16.3. The van der Waals surface area contributed by atoms with E-state index in [0.29, 0.717) is 17.5 Å². The van der Waals surface area contributed by atoms with Crippen LogP contribution in [0.4, 0.5) is 0 Å². The number of furan rings is 1. The molecule has 6 nitrogen and oxygen atoms in total. The van der Waals surface area contributed by atoms with Crippen molar-refractivity contribution in [3.8, 4) is 56.7 Å².